The average molecular weight is 228 g/mol. The first-order valence-corrected chi connectivity index (χ1v) is 6.06. The van der Waals surface area contributed by atoms with E-state index in [1.54, 1.807) is 0 Å². The molecule has 14 heavy (non-hydrogen) atoms. The minimum Gasteiger partial charge on any atom is -0.348 e. The molecule has 0 bridgehead atoms. The van der Waals surface area contributed by atoms with Crippen LogP contribution in [0.15, 0.2) is 11.4 Å². The van der Waals surface area contributed by atoms with Crippen molar-refractivity contribution in [3.05, 3.63) is 21.3 Å². The lowest BCUT2D eigenvalue weighted by atomic mass is 9.83. The van der Waals surface area contributed by atoms with Crippen LogP contribution in [0.2, 0.25) is 4.34 Å². The lowest BCUT2D eigenvalue weighted by Crippen LogP contribution is -2.52. The summed E-state index contributed by atoms with van der Waals surface area (Å²) in [6.07, 6.45) is 2.41. The van der Waals surface area contributed by atoms with Crippen LogP contribution in [0.4, 0.5) is 0 Å². The van der Waals surface area contributed by atoms with E-state index in [1.165, 1.54) is 24.2 Å². The molecule has 0 spiro atoms. The summed E-state index contributed by atoms with van der Waals surface area (Å²) in [6.45, 7) is 0. The van der Waals surface area contributed by atoms with Crippen LogP contribution in [-0.2, 0) is 4.79 Å². The van der Waals surface area contributed by atoms with Crippen LogP contribution in [0.25, 0.3) is 0 Å². The van der Waals surface area contributed by atoms with Gasteiger partial charge in [0.15, 0.2) is 0 Å². The fourth-order valence-electron chi connectivity index (χ4n) is 2.13. The summed E-state index contributed by atoms with van der Waals surface area (Å²) < 4.78 is 0.820. The molecule has 1 aliphatic heterocycles. The third kappa shape index (κ3) is 1.19. The molecule has 1 amide bonds. The number of β-lactam (4-membered cyclic amide) rings is 1. The normalized spacial score (nSPS) is 31.1. The fraction of sp³-hybridized carbons (Fsp3) is 0.500. The number of rotatable bonds is 2. The molecule has 2 heterocycles. The van der Waals surface area contributed by atoms with Gasteiger partial charge >= 0.3 is 0 Å². The van der Waals surface area contributed by atoms with Crippen molar-refractivity contribution in [2.45, 2.75) is 18.9 Å². The molecule has 74 valence electrons. The Labute approximate surface area is 91.3 Å². The van der Waals surface area contributed by atoms with E-state index in [0.29, 0.717) is 5.92 Å². The predicted molar refractivity (Wildman–Crippen MR) is 56.4 cm³/mol. The van der Waals surface area contributed by atoms with Crippen LogP contribution >= 0.6 is 22.9 Å². The van der Waals surface area contributed by atoms with Crippen molar-refractivity contribution in [3.8, 4) is 0 Å². The van der Waals surface area contributed by atoms with Gasteiger partial charge in [-0.15, -0.1) is 11.3 Å². The monoisotopic (exact) mass is 227 g/mol. The maximum atomic E-state index is 11.4. The lowest BCUT2D eigenvalue weighted by molar-refractivity contribution is -0.136. The number of thiophene rings is 1. The van der Waals surface area contributed by atoms with E-state index in [4.69, 9.17) is 11.6 Å². The molecule has 2 aliphatic rings. The van der Waals surface area contributed by atoms with Gasteiger partial charge in [-0.25, -0.2) is 0 Å². The number of carbonyl (C=O) groups is 1. The van der Waals surface area contributed by atoms with Gasteiger partial charge in [-0.05, 0) is 30.2 Å². The van der Waals surface area contributed by atoms with Gasteiger partial charge in [-0.3, -0.25) is 4.79 Å². The van der Waals surface area contributed by atoms with Gasteiger partial charge in [-0.1, -0.05) is 11.6 Å². The SMILES string of the molecule is O=C1NC(c2ccsc2Cl)C1C1CC1. The highest BCUT2D eigenvalue weighted by atomic mass is 35.5. The average Bonchev–Trinajstić information content (AvgIpc) is 2.85. The van der Waals surface area contributed by atoms with Crippen molar-refractivity contribution in [3.63, 3.8) is 0 Å². The van der Waals surface area contributed by atoms with Crippen LogP contribution in [0.3, 0.4) is 0 Å². The quantitative estimate of drug-likeness (QED) is 0.774. The highest BCUT2D eigenvalue weighted by Gasteiger charge is 2.49. The summed E-state index contributed by atoms with van der Waals surface area (Å²) in [5.41, 5.74) is 1.10. The van der Waals surface area contributed by atoms with Crippen molar-refractivity contribution in [2.24, 2.45) is 11.8 Å². The Morgan fingerprint density at radius 2 is 2.29 bits per heavy atom. The van der Waals surface area contributed by atoms with Gasteiger partial charge < -0.3 is 5.32 Å². The second kappa shape index (κ2) is 2.97. The van der Waals surface area contributed by atoms with Crippen LogP contribution < -0.4 is 5.32 Å². The molecule has 1 aromatic heterocycles. The Bertz CT molecular complexity index is 385. The predicted octanol–water partition coefficient (Wildman–Crippen LogP) is 2.60. The number of hydrogen-bond donors (Lipinski definition) is 1. The Morgan fingerprint density at radius 1 is 1.50 bits per heavy atom. The second-order valence-electron chi connectivity index (χ2n) is 4.00. The molecule has 2 atom stereocenters. The van der Waals surface area contributed by atoms with Crippen LogP contribution in [0.5, 0.6) is 0 Å². The Hall–Kier alpha value is -0.540. The van der Waals surface area contributed by atoms with E-state index < -0.39 is 0 Å². The Balaban J connectivity index is 1.86. The van der Waals surface area contributed by atoms with Gasteiger partial charge in [0.2, 0.25) is 5.91 Å². The van der Waals surface area contributed by atoms with Crippen molar-refractivity contribution < 1.29 is 4.79 Å². The maximum Gasteiger partial charge on any atom is 0.226 e. The summed E-state index contributed by atoms with van der Waals surface area (Å²) in [5.74, 6) is 1.02. The highest BCUT2D eigenvalue weighted by molar-refractivity contribution is 7.14. The van der Waals surface area contributed by atoms with E-state index in [0.717, 1.165) is 9.90 Å². The molecule has 0 radical (unpaired) electrons. The standard InChI is InChI=1S/C10H10ClNOS/c11-9-6(3-4-14-9)8-7(5-1-2-5)10(13)12-8/h3-5,7-8H,1-2H2,(H,12,13). The van der Waals surface area contributed by atoms with Crippen LogP contribution in [-0.4, -0.2) is 5.91 Å². The van der Waals surface area contributed by atoms with Gasteiger partial charge in [-0.2, -0.15) is 0 Å². The van der Waals surface area contributed by atoms with Gasteiger partial charge in [0.25, 0.3) is 0 Å². The molecule has 2 nitrogen and oxygen atoms in total. The van der Waals surface area contributed by atoms with Crippen molar-refractivity contribution in [2.75, 3.05) is 0 Å². The van der Waals surface area contributed by atoms with Crippen molar-refractivity contribution >= 4 is 28.8 Å². The summed E-state index contributed by atoms with van der Waals surface area (Å²) in [4.78, 5) is 11.4. The molecule has 1 saturated carbocycles. The first-order valence-electron chi connectivity index (χ1n) is 4.80. The fourth-order valence-corrected chi connectivity index (χ4v) is 3.13. The van der Waals surface area contributed by atoms with E-state index in [9.17, 15) is 4.79 Å². The summed E-state index contributed by atoms with van der Waals surface area (Å²) in [7, 11) is 0. The molecular weight excluding hydrogens is 218 g/mol. The third-order valence-corrected chi connectivity index (χ3v) is 4.27. The highest BCUT2D eigenvalue weighted by Crippen LogP contribution is 2.49. The minimum absolute atomic E-state index is 0.189. The first kappa shape index (κ1) is 8.74. The van der Waals surface area contributed by atoms with E-state index in [2.05, 4.69) is 5.32 Å². The molecule has 2 unspecified atom stereocenters. The minimum atomic E-state index is 0.189. The number of carbonyl (C=O) groups excluding carboxylic acids is 1. The molecule has 1 saturated heterocycles. The van der Waals surface area contributed by atoms with E-state index in [1.807, 2.05) is 11.4 Å². The molecule has 3 rings (SSSR count). The first-order chi connectivity index (χ1) is 6.77. The number of nitrogens with one attached hydrogen (secondary N) is 1. The summed E-state index contributed by atoms with van der Waals surface area (Å²) in [5, 5.41) is 4.92. The molecule has 2 fully saturated rings. The van der Waals surface area contributed by atoms with Gasteiger partial charge in [0.05, 0.1) is 16.3 Å². The smallest absolute Gasteiger partial charge is 0.226 e. The van der Waals surface area contributed by atoms with Gasteiger partial charge in [0, 0.05) is 5.56 Å². The Kier molecular flexibility index (Phi) is 1.86. The largest absolute Gasteiger partial charge is 0.348 e. The number of hydrogen-bond acceptors (Lipinski definition) is 2. The van der Waals surface area contributed by atoms with Gasteiger partial charge in [0.1, 0.15) is 0 Å². The number of halogens is 1. The molecule has 1 N–H and O–H groups in total. The molecular formula is C10H10ClNOS. The molecule has 4 heteroatoms. The molecule has 1 aromatic rings. The van der Waals surface area contributed by atoms with E-state index in [-0.39, 0.29) is 17.9 Å². The zero-order valence-corrected chi connectivity index (χ0v) is 9.07. The van der Waals surface area contributed by atoms with Crippen molar-refractivity contribution in [1.82, 2.24) is 5.32 Å². The maximum absolute atomic E-state index is 11.4. The molecule has 1 aliphatic carbocycles. The van der Waals surface area contributed by atoms with Crippen molar-refractivity contribution in [1.29, 1.82) is 0 Å². The zero-order chi connectivity index (χ0) is 9.71. The van der Waals surface area contributed by atoms with E-state index >= 15 is 0 Å². The third-order valence-electron chi connectivity index (χ3n) is 3.07. The second-order valence-corrected chi connectivity index (χ2v) is 5.52. The van der Waals surface area contributed by atoms with Crippen LogP contribution in [0.1, 0.15) is 24.4 Å². The summed E-state index contributed by atoms with van der Waals surface area (Å²) >= 11 is 7.58. The lowest BCUT2D eigenvalue weighted by Gasteiger charge is -2.37. The summed E-state index contributed by atoms with van der Waals surface area (Å²) in [6, 6.07) is 2.21. The Morgan fingerprint density at radius 3 is 2.79 bits per heavy atom. The topological polar surface area (TPSA) is 29.1 Å². The zero-order valence-electron chi connectivity index (χ0n) is 7.50. The van der Waals surface area contributed by atoms with Crippen LogP contribution in [0, 0.1) is 11.8 Å². The molecule has 0 aromatic carbocycles. The number of amides is 1.